The minimum Gasteiger partial charge on any atom is -0.322 e. The molecule has 0 fully saturated rings. The van der Waals surface area contributed by atoms with Gasteiger partial charge in [-0.1, -0.05) is 17.7 Å². The highest BCUT2D eigenvalue weighted by atomic mass is 35.5. The molecule has 0 saturated heterocycles. The molecule has 0 aliphatic rings. The van der Waals surface area contributed by atoms with Crippen molar-refractivity contribution in [1.29, 1.82) is 0 Å². The van der Waals surface area contributed by atoms with Gasteiger partial charge in [0.2, 0.25) is 0 Å². The smallest absolute Gasteiger partial charge is 0.261 e. The summed E-state index contributed by atoms with van der Waals surface area (Å²) in [7, 11) is -4.11. The standard InChI is InChI=1S/C20H15ClF2N2O3S/c1-12-2-5-15(10-17(12)21)24-20(26)13-3-6-14(7-4-13)25-29(27,28)16-8-9-18(22)19(23)11-16/h2-11,25H,1H3,(H,24,26). The average molecular weight is 437 g/mol. The molecule has 2 N–H and O–H groups in total. The van der Waals surface area contributed by atoms with Crippen molar-refractivity contribution in [1.82, 2.24) is 0 Å². The summed E-state index contributed by atoms with van der Waals surface area (Å²) in [5.74, 6) is -2.81. The van der Waals surface area contributed by atoms with Gasteiger partial charge in [-0.05, 0) is 67.1 Å². The van der Waals surface area contributed by atoms with Crippen LogP contribution in [0.15, 0.2) is 65.6 Å². The number of carbonyl (C=O) groups excluding carboxylic acids is 1. The fraction of sp³-hybridized carbons (Fsp3) is 0.0500. The number of hydrogen-bond donors (Lipinski definition) is 2. The number of nitrogens with one attached hydrogen (secondary N) is 2. The highest BCUT2D eigenvalue weighted by Gasteiger charge is 2.17. The lowest BCUT2D eigenvalue weighted by molar-refractivity contribution is 0.102. The Bertz CT molecular complexity index is 1180. The molecule has 3 rings (SSSR count). The van der Waals surface area contributed by atoms with Crippen LogP contribution < -0.4 is 10.0 Å². The van der Waals surface area contributed by atoms with Gasteiger partial charge in [-0.25, -0.2) is 17.2 Å². The number of benzene rings is 3. The van der Waals surface area contributed by atoms with Gasteiger partial charge in [0.25, 0.3) is 15.9 Å². The first-order chi connectivity index (χ1) is 13.7. The largest absolute Gasteiger partial charge is 0.322 e. The average Bonchev–Trinajstić information content (AvgIpc) is 2.67. The van der Waals surface area contributed by atoms with E-state index in [1.807, 2.05) is 6.92 Å². The first-order valence-corrected chi connectivity index (χ1v) is 10.2. The molecule has 0 heterocycles. The summed E-state index contributed by atoms with van der Waals surface area (Å²) in [5, 5.41) is 3.21. The first kappa shape index (κ1) is 20.8. The second-order valence-electron chi connectivity index (χ2n) is 6.18. The molecule has 0 spiro atoms. The number of anilines is 2. The van der Waals surface area contributed by atoms with E-state index < -0.39 is 32.5 Å². The van der Waals surface area contributed by atoms with Crippen LogP contribution in [-0.4, -0.2) is 14.3 Å². The molecule has 150 valence electrons. The van der Waals surface area contributed by atoms with E-state index in [0.717, 1.165) is 17.7 Å². The molecule has 29 heavy (non-hydrogen) atoms. The van der Waals surface area contributed by atoms with Crippen LogP contribution in [0.25, 0.3) is 0 Å². The molecule has 9 heteroatoms. The lowest BCUT2D eigenvalue weighted by Crippen LogP contribution is -2.14. The van der Waals surface area contributed by atoms with Crippen molar-refractivity contribution >= 4 is 38.9 Å². The van der Waals surface area contributed by atoms with E-state index in [1.165, 1.54) is 24.3 Å². The van der Waals surface area contributed by atoms with Gasteiger partial charge in [-0.15, -0.1) is 0 Å². The summed E-state index contributed by atoms with van der Waals surface area (Å²) >= 11 is 6.03. The summed E-state index contributed by atoms with van der Waals surface area (Å²) < 4.78 is 53.1. The number of sulfonamides is 1. The molecule has 1 amide bonds. The highest BCUT2D eigenvalue weighted by molar-refractivity contribution is 7.92. The summed E-state index contributed by atoms with van der Waals surface area (Å²) in [4.78, 5) is 11.9. The Morgan fingerprint density at radius 2 is 1.55 bits per heavy atom. The Morgan fingerprint density at radius 1 is 0.897 bits per heavy atom. The number of hydrogen-bond acceptors (Lipinski definition) is 3. The monoisotopic (exact) mass is 436 g/mol. The lowest BCUT2D eigenvalue weighted by Gasteiger charge is -2.10. The fourth-order valence-corrected chi connectivity index (χ4v) is 3.67. The summed E-state index contributed by atoms with van der Waals surface area (Å²) in [6.45, 7) is 1.84. The predicted molar refractivity (Wildman–Crippen MR) is 108 cm³/mol. The van der Waals surface area contributed by atoms with Gasteiger partial charge >= 0.3 is 0 Å². The maximum absolute atomic E-state index is 13.3. The van der Waals surface area contributed by atoms with E-state index in [0.29, 0.717) is 16.8 Å². The van der Waals surface area contributed by atoms with Crippen LogP contribution in [0.4, 0.5) is 20.2 Å². The van der Waals surface area contributed by atoms with E-state index in [1.54, 1.807) is 18.2 Å². The Kier molecular flexibility index (Phi) is 5.86. The Morgan fingerprint density at radius 3 is 2.17 bits per heavy atom. The lowest BCUT2D eigenvalue weighted by atomic mass is 10.2. The van der Waals surface area contributed by atoms with Gasteiger partial charge in [0.1, 0.15) is 0 Å². The van der Waals surface area contributed by atoms with Gasteiger partial charge in [0.15, 0.2) is 11.6 Å². The van der Waals surface area contributed by atoms with Crippen molar-refractivity contribution in [2.45, 2.75) is 11.8 Å². The normalized spacial score (nSPS) is 11.2. The van der Waals surface area contributed by atoms with E-state index >= 15 is 0 Å². The quantitative estimate of drug-likeness (QED) is 0.592. The van der Waals surface area contributed by atoms with Crippen molar-refractivity contribution in [2.75, 3.05) is 10.0 Å². The molecule has 3 aromatic rings. The van der Waals surface area contributed by atoms with Crippen LogP contribution in [0.3, 0.4) is 0 Å². The highest BCUT2D eigenvalue weighted by Crippen LogP contribution is 2.22. The van der Waals surface area contributed by atoms with Crippen molar-refractivity contribution in [3.05, 3.63) is 88.4 Å². The molecule has 0 aromatic heterocycles. The molecular weight excluding hydrogens is 422 g/mol. The number of halogens is 3. The number of amides is 1. The van der Waals surface area contributed by atoms with E-state index in [2.05, 4.69) is 10.0 Å². The van der Waals surface area contributed by atoms with Crippen molar-refractivity contribution in [3.63, 3.8) is 0 Å². The number of carbonyl (C=O) groups is 1. The third kappa shape index (κ3) is 4.90. The second-order valence-corrected chi connectivity index (χ2v) is 8.27. The summed E-state index contributed by atoms with van der Waals surface area (Å²) in [6.07, 6.45) is 0. The van der Waals surface area contributed by atoms with Crippen molar-refractivity contribution in [3.8, 4) is 0 Å². The molecule has 0 atom stereocenters. The van der Waals surface area contributed by atoms with Gasteiger partial charge < -0.3 is 5.32 Å². The minimum atomic E-state index is -4.11. The molecule has 3 aromatic carbocycles. The third-order valence-electron chi connectivity index (χ3n) is 4.03. The van der Waals surface area contributed by atoms with Crippen molar-refractivity contribution < 1.29 is 22.0 Å². The van der Waals surface area contributed by atoms with Crippen LogP contribution in [0.5, 0.6) is 0 Å². The molecule has 5 nitrogen and oxygen atoms in total. The van der Waals surface area contributed by atoms with Crippen LogP contribution >= 0.6 is 11.6 Å². The topological polar surface area (TPSA) is 75.3 Å². The summed E-state index contributed by atoms with van der Waals surface area (Å²) in [5.41, 5.74) is 1.85. The predicted octanol–water partition coefficient (Wildman–Crippen LogP) is 4.98. The maximum atomic E-state index is 13.3. The molecular formula is C20H15ClF2N2O3S. The Labute approximate surface area is 171 Å². The number of aryl methyl sites for hydroxylation is 1. The van der Waals surface area contributed by atoms with Crippen molar-refractivity contribution in [2.24, 2.45) is 0 Å². The minimum absolute atomic E-state index is 0.157. The first-order valence-electron chi connectivity index (χ1n) is 8.31. The van der Waals surface area contributed by atoms with Crippen LogP contribution in [0.2, 0.25) is 5.02 Å². The zero-order valence-electron chi connectivity index (χ0n) is 15.0. The third-order valence-corrected chi connectivity index (χ3v) is 5.82. The zero-order valence-corrected chi connectivity index (χ0v) is 16.6. The molecule has 0 aliphatic carbocycles. The SMILES string of the molecule is Cc1ccc(NC(=O)c2ccc(NS(=O)(=O)c3ccc(F)c(F)c3)cc2)cc1Cl. The molecule has 0 bridgehead atoms. The maximum Gasteiger partial charge on any atom is 0.261 e. The molecule has 0 radical (unpaired) electrons. The van der Waals surface area contributed by atoms with E-state index in [-0.39, 0.29) is 11.3 Å². The van der Waals surface area contributed by atoms with Gasteiger partial charge in [-0.2, -0.15) is 0 Å². The van der Waals surface area contributed by atoms with Gasteiger partial charge in [-0.3, -0.25) is 9.52 Å². The second kappa shape index (κ2) is 8.18. The molecule has 0 unspecified atom stereocenters. The number of rotatable bonds is 5. The van der Waals surface area contributed by atoms with Crippen LogP contribution in [-0.2, 0) is 10.0 Å². The van der Waals surface area contributed by atoms with Gasteiger partial charge in [0, 0.05) is 22.0 Å². The van der Waals surface area contributed by atoms with Crippen LogP contribution in [0, 0.1) is 18.6 Å². The summed E-state index contributed by atoms with van der Waals surface area (Å²) in [6, 6.07) is 13.0. The fourth-order valence-electron chi connectivity index (χ4n) is 2.42. The van der Waals surface area contributed by atoms with E-state index in [9.17, 15) is 22.0 Å². The zero-order chi connectivity index (χ0) is 21.2. The molecule has 0 saturated carbocycles. The van der Waals surface area contributed by atoms with Gasteiger partial charge in [0.05, 0.1) is 4.90 Å². The van der Waals surface area contributed by atoms with Crippen LogP contribution in [0.1, 0.15) is 15.9 Å². The molecule has 0 aliphatic heterocycles. The Hall–Kier alpha value is -2.97. The van der Waals surface area contributed by atoms with E-state index in [4.69, 9.17) is 11.6 Å². The Balaban J connectivity index is 1.73.